The number of H-pyrrole nitrogens is 2. The smallest absolute Gasteiger partial charge is 0.224 e. The molecule has 1 amide bonds. The van der Waals surface area contributed by atoms with Crippen LogP contribution in [0.3, 0.4) is 0 Å². The number of aromatic amines is 2. The Morgan fingerprint density at radius 1 is 0.838 bits per heavy atom. The SMILES string of the molecule is CC(C)CC(=O)Nc1cncc(-c2ccc3[nH]nc(-c4cc5c(-c6ccncc6)cncc5[nH]4)c3c2)c1. The fourth-order valence-electron chi connectivity index (χ4n) is 4.59. The second-order valence-corrected chi connectivity index (χ2v) is 9.51. The maximum atomic E-state index is 12.2. The highest BCUT2D eigenvalue weighted by Crippen LogP contribution is 2.35. The molecule has 0 spiro atoms. The van der Waals surface area contributed by atoms with Gasteiger partial charge in [0, 0.05) is 53.1 Å². The topological polar surface area (TPSA) is 112 Å². The van der Waals surface area contributed by atoms with Crippen molar-refractivity contribution in [2.24, 2.45) is 5.92 Å². The third-order valence-electron chi connectivity index (χ3n) is 6.30. The van der Waals surface area contributed by atoms with Crippen LogP contribution in [0.25, 0.3) is 55.4 Å². The molecule has 6 aromatic rings. The Balaban J connectivity index is 1.38. The molecular formula is C29H25N7O. The van der Waals surface area contributed by atoms with Gasteiger partial charge >= 0.3 is 0 Å². The number of fused-ring (bicyclic) bond motifs is 2. The van der Waals surface area contributed by atoms with Gasteiger partial charge in [0.15, 0.2) is 0 Å². The Labute approximate surface area is 213 Å². The number of pyridine rings is 3. The first-order chi connectivity index (χ1) is 18.0. The summed E-state index contributed by atoms with van der Waals surface area (Å²) in [6.45, 7) is 4.05. The molecule has 1 aromatic carbocycles. The van der Waals surface area contributed by atoms with E-state index in [2.05, 4.69) is 47.6 Å². The van der Waals surface area contributed by atoms with Crippen LogP contribution < -0.4 is 5.32 Å². The molecule has 182 valence electrons. The molecule has 0 radical (unpaired) electrons. The highest BCUT2D eigenvalue weighted by molar-refractivity contribution is 6.01. The molecule has 0 saturated carbocycles. The number of anilines is 1. The summed E-state index contributed by atoms with van der Waals surface area (Å²) >= 11 is 0. The number of carbonyl (C=O) groups excluding carboxylic acids is 1. The van der Waals surface area contributed by atoms with Crippen molar-refractivity contribution in [2.75, 3.05) is 5.32 Å². The number of amides is 1. The number of hydrogen-bond acceptors (Lipinski definition) is 5. The molecule has 0 atom stereocenters. The van der Waals surface area contributed by atoms with E-state index < -0.39 is 0 Å². The molecule has 0 aliphatic carbocycles. The van der Waals surface area contributed by atoms with Crippen LogP contribution in [-0.4, -0.2) is 36.0 Å². The maximum Gasteiger partial charge on any atom is 0.224 e. The summed E-state index contributed by atoms with van der Waals surface area (Å²) in [7, 11) is 0. The second-order valence-electron chi connectivity index (χ2n) is 9.51. The van der Waals surface area contributed by atoms with Crippen LogP contribution in [-0.2, 0) is 4.79 Å². The Hall–Kier alpha value is -4.85. The summed E-state index contributed by atoms with van der Waals surface area (Å²) in [4.78, 5) is 28.6. The molecular weight excluding hydrogens is 462 g/mol. The van der Waals surface area contributed by atoms with Gasteiger partial charge in [-0.2, -0.15) is 5.10 Å². The highest BCUT2D eigenvalue weighted by atomic mass is 16.1. The summed E-state index contributed by atoms with van der Waals surface area (Å²) in [6.07, 6.45) is 11.2. The molecule has 0 fully saturated rings. The lowest BCUT2D eigenvalue weighted by atomic mass is 10.0. The zero-order valence-corrected chi connectivity index (χ0v) is 20.5. The molecule has 0 aliphatic heterocycles. The van der Waals surface area contributed by atoms with E-state index in [1.807, 2.05) is 56.6 Å². The predicted octanol–water partition coefficient (Wildman–Crippen LogP) is 6.21. The number of rotatable bonds is 6. The number of nitrogens with one attached hydrogen (secondary N) is 3. The Bertz CT molecular complexity index is 1730. The van der Waals surface area contributed by atoms with Gasteiger partial charge in [0.25, 0.3) is 0 Å². The number of nitrogens with zero attached hydrogens (tertiary/aromatic N) is 4. The van der Waals surface area contributed by atoms with E-state index in [4.69, 9.17) is 0 Å². The summed E-state index contributed by atoms with van der Waals surface area (Å²) in [5, 5.41) is 12.8. The van der Waals surface area contributed by atoms with Crippen LogP contribution in [0.5, 0.6) is 0 Å². The fourth-order valence-corrected chi connectivity index (χ4v) is 4.59. The van der Waals surface area contributed by atoms with Gasteiger partial charge in [0.05, 0.1) is 34.8 Å². The lowest BCUT2D eigenvalue weighted by Crippen LogP contribution is -2.13. The van der Waals surface area contributed by atoms with Crippen LogP contribution in [0.2, 0.25) is 0 Å². The van der Waals surface area contributed by atoms with Gasteiger partial charge in [0.1, 0.15) is 5.69 Å². The minimum atomic E-state index is -0.0130. The molecule has 0 bridgehead atoms. The van der Waals surface area contributed by atoms with E-state index in [0.717, 1.165) is 55.4 Å². The average molecular weight is 488 g/mol. The van der Waals surface area contributed by atoms with Crippen molar-refractivity contribution in [1.29, 1.82) is 0 Å². The molecule has 6 rings (SSSR count). The van der Waals surface area contributed by atoms with E-state index in [-0.39, 0.29) is 5.91 Å². The van der Waals surface area contributed by atoms with Crippen molar-refractivity contribution in [3.05, 3.63) is 79.6 Å². The van der Waals surface area contributed by atoms with Gasteiger partial charge in [-0.1, -0.05) is 19.9 Å². The minimum absolute atomic E-state index is 0.0130. The molecule has 0 saturated heterocycles. The third-order valence-corrected chi connectivity index (χ3v) is 6.30. The van der Waals surface area contributed by atoms with Crippen LogP contribution in [0.4, 0.5) is 5.69 Å². The summed E-state index contributed by atoms with van der Waals surface area (Å²) in [5.74, 6) is 0.278. The third kappa shape index (κ3) is 4.45. The molecule has 5 heterocycles. The van der Waals surface area contributed by atoms with Gasteiger partial charge in [-0.15, -0.1) is 0 Å². The van der Waals surface area contributed by atoms with Crippen LogP contribution in [0.15, 0.2) is 79.6 Å². The minimum Gasteiger partial charge on any atom is -0.352 e. The number of aromatic nitrogens is 6. The highest BCUT2D eigenvalue weighted by Gasteiger charge is 2.15. The monoisotopic (exact) mass is 487 g/mol. The van der Waals surface area contributed by atoms with E-state index in [1.54, 1.807) is 24.8 Å². The Morgan fingerprint density at radius 3 is 2.51 bits per heavy atom. The van der Waals surface area contributed by atoms with E-state index in [1.165, 1.54) is 0 Å². The molecule has 8 nitrogen and oxygen atoms in total. The summed E-state index contributed by atoms with van der Waals surface area (Å²) in [5.41, 5.74) is 8.26. The summed E-state index contributed by atoms with van der Waals surface area (Å²) in [6, 6.07) is 14.1. The molecule has 5 aromatic heterocycles. The second kappa shape index (κ2) is 9.31. The molecule has 8 heteroatoms. The average Bonchev–Trinajstić information content (AvgIpc) is 3.52. The van der Waals surface area contributed by atoms with E-state index in [9.17, 15) is 4.79 Å². The first kappa shape index (κ1) is 22.6. The number of carbonyl (C=O) groups is 1. The zero-order chi connectivity index (χ0) is 25.4. The van der Waals surface area contributed by atoms with Crippen LogP contribution in [0.1, 0.15) is 20.3 Å². The molecule has 0 unspecified atom stereocenters. The van der Waals surface area contributed by atoms with Crippen molar-refractivity contribution < 1.29 is 4.79 Å². The lowest BCUT2D eigenvalue weighted by Gasteiger charge is -2.09. The lowest BCUT2D eigenvalue weighted by molar-refractivity contribution is -0.116. The maximum absolute atomic E-state index is 12.2. The van der Waals surface area contributed by atoms with E-state index >= 15 is 0 Å². The zero-order valence-electron chi connectivity index (χ0n) is 20.5. The number of hydrogen-bond donors (Lipinski definition) is 3. The molecule has 3 N–H and O–H groups in total. The largest absolute Gasteiger partial charge is 0.352 e. The molecule has 37 heavy (non-hydrogen) atoms. The van der Waals surface area contributed by atoms with Crippen LogP contribution in [0, 0.1) is 5.92 Å². The Kier molecular flexibility index (Phi) is 5.69. The fraction of sp³-hybridized carbons (Fsp3) is 0.138. The van der Waals surface area contributed by atoms with E-state index in [0.29, 0.717) is 18.0 Å². The first-order valence-corrected chi connectivity index (χ1v) is 12.2. The molecule has 0 aliphatic rings. The van der Waals surface area contributed by atoms with Crippen molar-refractivity contribution >= 4 is 33.4 Å². The quantitative estimate of drug-likeness (QED) is 0.258. The predicted molar refractivity (Wildman–Crippen MR) is 146 cm³/mol. The van der Waals surface area contributed by atoms with Crippen molar-refractivity contribution in [3.63, 3.8) is 0 Å². The standard InChI is InChI=1S/C29H25N7O/c1-17(2)9-28(37)33-21-10-20(13-31-14-21)19-3-4-25-23(11-19)29(36-35-25)26-12-22-24(15-32-16-27(22)34-26)18-5-7-30-8-6-18/h3-8,10-17,34H,9H2,1-2H3,(H,33,37)(H,35,36). The van der Waals surface area contributed by atoms with Gasteiger partial charge in [-0.05, 0) is 53.4 Å². The number of benzene rings is 1. The van der Waals surface area contributed by atoms with Crippen LogP contribution >= 0.6 is 0 Å². The van der Waals surface area contributed by atoms with Gasteiger partial charge in [-0.25, -0.2) is 0 Å². The first-order valence-electron chi connectivity index (χ1n) is 12.2. The van der Waals surface area contributed by atoms with Gasteiger partial charge < -0.3 is 10.3 Å². The van der Waals surface area contributed by atoms with Gasteiger partial charge in [-0.3, -0.25) is 24.8 Å². The van der Waals surface area contributed by atoms with Crippen molar-refractivity contribution in [1.82, 2.24) is 30.1 Å². The summed E-state index contributed by atoms with van der Waals surface area (Å²) < 4.78 is 0. The van der Waals surface area contributed by atoms with Crippen molar-refractivity contribution in [2.45, 2.75) is 20.3 Å². The Morgan fingerprint density at radius 2 is 1.68 bits per heavy atom. The van der Waals surface area contributed by atoms with Crippen molar-refractivity contribution in [3.8, 4) is 33.6 Å². The normalized spacial score (nSPS) is 11.4. The van der Waals surface area contributed by atoms with Gasteiger partial charge in [0.2, 0.25) is 5.91 Å².